The largest absolute Gasteiger partial charge is 0.474 e. The summed E-state index contributed by atoms with van der Waals surface area (Å²) in [4.78, 5) is 19.5. The predicted molar refractivity (Wildman–Crippen MR) is 116 cm³/mol. The van der Waals surface area contributed by atoms with Gasteiger partial charge in [-0.15, -0.1) is 11.3 Å². The third-order valence-electron chi connectivity index (χ3n) is 7.24. The predicted octanol–water partition coefficient (Wildman–Crippen LogP) is 3.32. The van der Waals surface area contributed by atoms with Crippen LogP contribution in [0.25, 0.3) is 0 Å². The minimum atomic E-state index is -3.88. The molecule has 6 rings (SSSR count). The molecule has 1 aromatic heterocycles. The lowest BCUT2D eigenvalue weighted by Gasteiger charge is -2.60. The summed E-state index contributed by atoms with van der Waals surface area (Å²) < 4.78 is 61.2. The van der Waals surface area contributed by atoms with E-state index in [0.717, 1.165) is 17.4 Å². The molecule has 1 atom stereocenters. The number of aromatic nitrogens is 1. The number of fused-ring (bicyclic) bond motifs is 1. The molecular formula is C22H23F2N3O4S2. The molecule has 33 heavy (non-hydrogen) atoms. The fourth-order valence-electron chi connectivity index (χ4n) is 5.24. The van der Waals surface area contributed by atoms with E-state index in [9.17, 15) is 22.0 Å². The van der Waals surface area contributed by atoms with Crippen LogP contribution in [0.1, 0.15) is 47.3 Å². The van der Waals surface area contributed by atoms with Crippen molar-refractivity contribution in [1.82, 2.24) is 14.2 Å². The molecule has 4 aliphatic rings. The number of hydrogen-bond acceptors (Lipinski definition) is 6. The SMILES string of the molecule is C[C@@H]1COc2nc(C3(F)CC3)sc2C(=O)N1C1CC2(C1)CN(S(=O)(=O)c1ccccc1F)C2. The number of carbonyl (C=O) groups excluding carboxylic acids is 1. The maximum Gasteiger partial charge on any atom is 0.270 e. The van der Waals surface area contributed by atoms with Gasteiger partial charge in [-0.25, -0.2) is 22.2 Å². The van der Waals surface area contributed by atoms with E-state index in [2.05, 4.69) is 4.98 Å². The van der Waals surface area contributed by atoms with Crippen LogP contribution in [0.3, 0.4) is 0 Å². The first-order chi connectivity index (χ1) is 15.6. The molecule has 2 aromatic rings. The van der Waals surface area contributed by atoms with Crippen molar-refractivity contribution < 1.29 is 26.7 Å². The van der Waals surface area contributed by atoms with Crippen molar-refractivity contribution in [2.45, 2.75) is 55.3 Å². The molecule has 2 aliphatic heterocycles. The maximum atomic E-state index is 14.5. The van der Waals surface area contributed by atoms with Crippen LogP contribution in [-0.4, -0.2) is 60.3 Å². The van der Waals surface area contributed by atoms with Gasteiger partial charge in [0.15, 0.2) is 10.5 Å². The van der Waals surface area contributed by atoms with Crippen LogP contribution in [0, 0.1) is 11.2 Å². The van der Waals surface area contributed by atoms with Crippen LogP contribution >= 0.6 is 11.3 Å². The van der Waals surface area contributed by atoms with Crippen molar-refractivity contribution in [3.63, 3.8) is 0 Å². The first kappa shape index (κ1) is 21.4. The van der Waals surface area contributed by atoms with Gasteiger partial charge in [0.1, 0.15) is 22.3 Å². The average molecular weight is 496 g/mol. The Labute approximate surface area is 194 Å². The molecule has 176 valence electrons. The van der Waals surface area contributed by atoms with Crippen molar-refractivity contribution in [2.75, 3.05) is 19.7 Å². The van der Waals surface area contributed by atoms with Gasteiger partial charge in [0.2, 0.25) is 15.9 Å². The van der Waals surface area contributed by atoms with Crippen molar-refractivity contribution in [3.8, 4) is 5.88 Å². The standard InChI is InChI=1S/C22H23F2N3O4S2/c1-13-10-31-18-17(32-20(25-18)22(24)6-7-22)19(28)27(13)14-8-21(9-14)11-26(12-21)33(29,30)16-5-3-2-4-15(16)23/h2-5,13-14H,6-12H2,1H3/t13-/m1/s1. The molecule has 1 spiro atoms. The Bertz CT molecular complexity index is 1250. The Morgan fingerprint density at radius 3 is 2.58 bits per heavy atom. The molecule has 0 bridgehead atoms. The van der Waals surface area contributed by atoms with E-state index < -0.39 is 21.5 Å². The summed E-state index contributed by atoms with van der Waals surface area (Å²) in [5.74, 6) is -0.731. The molecule has 3 fully saturated rings. The summed E-state index contributed by atoms with van der Waals surface area (Å²) in [6, 6.07) is 5.16. The maximum absolute atomic E-state index is 14.5. The quantitative estimate of drug-likeness (QED) is 0.650. The van der Waals surface area contributed by atoms with Crippen LogP contribution < -0.4 is 4.74 Å². The van der Waals surface area contributed by atoms with E-state index in [1.54, 1.807) is 4.90 Å². The van der Waals surface area contributed by atoms with Crippen LogP contribution in [0.15, 0.2) is 29.2 Å². The Hall–Kier alpha value is -2.11. The molecule has 11 heteroatoms. The Morgan fingerprint density at radius 2 is 1.91 bits per heavy atom. The topological polar surface area (TPSA) is 79.8 Å². The number of thiazole rings is 1. The summed E-state index contributed by atoms with van der Waals surface area (Å²) >= 11 is 1.08. The van der Waals surface area contributed by atoms with Gasteiger partial charge in [0.05, 0.1) is 6.04 Å². The van der Waals surface area contributed by atoms with Gasteiger partial charge in [-0.2, -0.15) is 4.31 Å². The van der Waals surface area contributed by atoms with Crippen LogP contribution in [0.2, 0.25) is 0 Å². The zero-order chi connectivity index (χ0) is 23.2. The van der Waals surface area contributed by atoms with Crippen LogP contribution in [-0.2, 0) is 15.7 Å². The smallest absolute Gasteiger partial charge is 0.270 e. The number of halogens is 2. The number of hydrogen-bond donors (Lipinski definition) is 0. The van der Waals surface area contributed by atoms with Gasteiger partial charge in [-0.3, -0.25) is 4.79 Å². The number of nitrogens with zero attached hydrogens (tertiary/aromatic N) is 3. The lowest BCUT2D eigenvalue weighted by Crippen LogP contribution is -2.68. The molecule has 0 radical (unpaired) electrons. The molecule has 2 aliphatic carbocycles. The average Bonchev–Trinajstić information content (AvgIpc) is 3.33. The summed E-state index contributed by atoms with van der Waals surface area (Å²) in [6.45, 7) is 2.81. The first-order valence-corrected chi connectivity index (χ1v) is 13.3. The number of sulfonamides is 1. The number of carbonyl (C=O) groups is 1. The third kappa shape index (κ3) is 3.23. The van der Waals surface area contributed by atoms with Crippen LogP contribution in [0.5, 0.6) is 5.88 Å². The normalized spacial score (nSPS) is 26.2. The van der Waals surface area contributed by atoms with E-state index >= 15 is 0 Å². The molecular weight excluding hydrogens is 472 g/mol. The monoisotopic (exact) mass is 495 g/mol. The summed E-state index contributed by atoms with van der Waals surface area (Å²) in [5, 5.41) is 0.313. The Morgan fingerprint density at radius 1 is 1.21 bits per heavy atom. The lowest BCUT2D eigenvalue weighted by molar-refractivity contribution is -0.0755. The Balaban J connectivity index is 1.16. The fourth-order valence-corrected chi connectivity index (χ4v) is 8.06. The lowest BCUT2D eigenvalue weighted by atomic mass is 9.61. The highest BCUT2D eigenvalue weighted by Crippen LogP contribution is 2.54. The zero-order valence-corrected chi connectivity index (χ0v) is 19.6. The van der Waals surface area contributed by atoms with Crippen molar-refractivity contribution >= 4 is 27.3 Å². The second kappa shape index (κ2) is 6.96. The molecule has 0 unspecified atom stereocenters. The van der Waals surface area contributed by atoms with E-state index in [1.807, 2.05) is 6.92 Å². The van der Waals surface area contributed by atoms with Gasteiger partial charge in [0, 0.05) is 24.5 Å². The molecule has 1 amide bonds. The second-order valence-electron chi connectivity index (χ2n) is 9.76. The van der Waals surface area contributed by atoms with E-state index in [1.165, 1.54) is 22.5 Å². The van der Waals surface area contributed by atoms with E-state index in [-0.39, 0.29) is 40.8 Å². The van der Waals surface area contributed by atoms with Gasteiger partial charge in [-0.05, 0) is 44.7 Å². The van der Waals surface area contributed by atoms with E-state index in [4.69, 9.17) is 4.74 Å². The van der Waals surface area contributed by atoms with Crippen molar-refractivity contribution in [2.24, 2.45) is 5.41 Å². The van der Waals surface area contributed by atoms with Crippen molar-refractivity contribution in [1.29, 1.82) is 0 Å². The minimum Gasteiger partial charge on any atom is -0.474 e. The number of alkyl halides is 1. The minimum absolute atomic E-state index is 0.0498. The van der Waals surface area contributed by atoms with Gasteiger partial charge >= 0.3 is 0 Å². The summed E-state index contributed by atoms with van der Waals surface area (Å²) in [6.07, 6.45) is 2.18. The second-order valence-corrected chi connectivity index (χ2v) is 12.7. The van der Waals surface area contributed by atoms with Crippen molar-refractivity contribution in [3.05, 3.63) is 40.0 Å². The molecule has 2 saturated carbocycles. The molecule has 3 heterocycles. The molecule has 1 aromatic carbocycles. The molecule has 7 nitrogen and oxygen atoms in total. The highest BCUT2D eigenvalue weighted by atomic mass is 32.2. The van der Waals surface area contributed by atoms with E-state index in [0.29, 0.717) is 48.7 Å². The highest BCUT2D eigenvalue weighted by Gasteiger charge is 2.58. The fraction of sp³-hybridized carbons (Fsp3) is 0.545. The van der Waals surface area contributed by atoms with Gasteiger partial charge < -0.3 is 9.64 Å². The first-order valence-electron chi connectivity index (χ1n) is 11.0. The molecule has 1 saturated heterocycles. The zero-order valence-electron chi connectivity index (χ0n) is 18.0. The third-order valence-corrected chi connectivity index (χ3v) is 10.3. The number of benzene rings is 1. The summed E-state index contributed by atoms with van der Waals surface area (Å²) in [5.41, 5.74) is -1.62. The number of ether oxygens (including phenoxy) is 1. The van der Waals surface area contributed by atoms with Crippen LogP contribution in [0.4, 0.5) is 8.78 Å². The summed E-state index contributed by atoms with van der Waals surface area (Å²) in [7, 11) is -3.88. The highest BCUT2D eigenvalue weighted by molar-refractivity contribution is 7.89. The van der Waals surface area contributed by atoms with Gasteiger partial charge in [-0.1, -0.05) is 12.1 Å². The van der Waals surface area contributed by atoms with Gasteiger partial charge in [0.25, 0.3) is 5.91 Å². The number of rotatable bonds is 4. The number of amides is 1. The molecule has 0 N–H and O–H groups in total. The Kier molecular flexibility index (Phi) is 4.52.